The maximum Gasteiger partial charge on any atom is 0.140 e. The molecule has 4 N–H and O–H groups in total. The second-order valence-corrected chi connectivity index (χ2v) is 4.81. The maximum atomic E-state index is 8.53. The van der Waals surface area contributed by atoms with Crippen molar-refractivity contribution in [3.63, 3.8) is 0 Å². The van der Waals surface area contributed by atoms with Crippen LogP contribution in [0, 0.1) is 5.92 Å². The van der Waals surface area contributed by atoms with E-state index < -0.39 is 0 Å². The number of nitrogens with two attached hydrogens (primary N) is 1. The molecule has 1 fully saturated rings. The van der Waals surface area contributed by atoms with Crippen molar-refractivity contribution in [1.82, 2.24) is 5.32 Å². The molecule has 0 aromatic carbocycles. The standard InChI is InChI=1S/C12H25N3O/c1-2-11(8-12(13)15-16)14-9-10-6-4-3-5-7-10/h10-11,14,16H,2-9H2,1H3,(H2,13,15). The van der Waals surface area contributed by atoms with Crippen molar-refractivity contribution >= 4 is 5.84 Å². The fraction of sp³-hybridized carbons (Fsp3) is 0.917. The van der Waals surface area contributed by atoms with Gasteiger partial charge in [-0.05, 0) is 31.7 Å². The van der Waals surface area contributed by atoms with E-state index in [1.54, 1.807) is 0 Å². The molecular weight excluding hydrogens is 202 g/mol. The highest BCUT2D eigenvalue weighted by Crippen LogP contribution is 2.23. The lowest BCUT2D eigenvalue weighted by Crippen LogP contribution is -2.36. The molecule has 0 aliphatic heterocycles. The first kappa shape index (κ1) is 13.3. The van der Waals surface area contributed by atoms with Crippen molar-refractivity contribution in [2.45, 2.75) is 57.9 Å². The summed E-state index contributed by atoms with van der Waals surface area (Å²) in [7, 11) is 0. The van der Waals surface area contributed by atoms with Gasteiger partial charge in [-0.15, -0.1) is 0 Å². The van der Waals surface area contributed by atoms with Gasteiger partial charge in [-0.1, -0.05) is 31.3 Å². The number of hydrogen-bond donors (Lipinski definition) is 3. The zero-order valence-corrected chi connectivity index (χ0v) is 10.3. The van der Waals surface area contributed by atoms with Crippen LogP contribution in [0.3, 0.4) is 0 Å². The van der Waals surface area contributed by atoms with Crippen LogP contribution in [0.1, 0.15) is 51.9 Å². The molecule has 1 saturated carbocycles. The van der Waals surface area contributed by atoms with E-state index in [-0.39, 0.29) is 0 Å². The molecule has 4 nitrogen and oxygen atoms in total. The molecule has 0 spiro atoms. The van der Waals surface area contributed by atoms with Gasteiger partial charge in [-0.2, -0.15) is 0 Å². The van der Waals surface area contributed by atoms with Gasteiger partial charge < -0.3 is 16.3 Å². The van der Waals surface area contributed by atoms with Gasteiger partial charge in [0.15, 0.2) is 0 Å². The summed E-state index contributed by atoms with van der Waals surface area (Å²) >= 11 is 0. The van der Waals surface area contributed by atoms with Crippen LogP contribution in [-0.2, 0) is 0 Å². The topological polar surface area (TPSA) is 70.6 Å². The molecule has 0 heterocycles. The smallest absolute Gasteiger partial charge is 0.140 e. The summed E-state index contributed by atoms with van der Waals surface area (Å²) in [5, 5.41) is 15.1. The Morgan fingerprint density at radius 1 is 1.44 bits per heavy atom. The summed E-state index contributed by atoms with van der Waals surface area (Å²) < 4.78 is 0. The number of nitrogens with zero attached hydrogens (tertiary/aromatic N) is 1. The minimum Gasteiger partial charge on any atom is -0.409 e. The third kappa shape index (κ3) is 4.84. The van der Waals surface area contributed by atoms with E-state index in [1.165, 1.54) is 32.1 Å². The Kier molecular flexibility index (Phi) is 6.23. The minimum absolute atomic E-state index is 0.322. The number of nitrogens with one attached hydrogen (secondary N) is 1. The second kappa shape index (κ2) is 7.49. The van der Waals surface area contributed by atoms with Gasteiger partial charge in [0, 0.05) is 12.5 Å². The predicted octanol–water partition coefficient (Wildman–Crippen LogP) is 2.07. The van der Waals surface area contributed by atoms with E-state index in [9.17, 15) is 0 Å². The number of amidine groups is 1. The molecule has 1 aliphatic carbocycles. The Morgan fingerprint density at radius 2 is 2.12 bits per heavy atom. The van der Waals surface area contributed by atoms with Gasteiger partial charge in [-0.3, -0.25) is 0 Å². The molecule has 16 heavy (non-hydrogen) atoms. The highest BCUT2D eigenvalue weighted by Gasteiger charge is 2.15. The molecule has 1 atom stereocenters. The van der Waals surface area contributed by atoms with E-state index >= 15 is 0 Å². The van der Waals surface area contributed by atoms with Crippen molar-refractivity contribution < 1.29 is 5.21 Å². The Balaban J connectivity index is 2.22. The van der Waals surface area contributed by atoms with Crippen LogP contribution in [0.4, 0.5) is 0 Å². The Hall–Kier alpha value is -0.770. The van der Waals surface area contributed by atoms with Crippen molar-refractivity contribution in [3.05, 3.63) is 0 Å². The molecule has 1 aliphatic rings. The lowest BCUT2D eigenvalue weighted by molar-refractivity contribution is 0.311. The van der Waals surface area contributed by atoms with Gasteiger partial charge in [0.2, 0.25) is 0 Å². The quantitative estimate of drug-likeness (QED) is 0.281. The third-order valence-electron chi connectivity index (χ3n) is 3.50. The summed E-state index contributed by atoms with van der Waals surface area (Å²) in [4.78, 5) is 0. The molecular formula is C12H25N3O. The van der Waals surface area contributed by atoms with Crippen LogP contribution in [0.25, 0.3) is 0 Å². The summed E-state index contributed by atoms with van der Waals surface area (Å²) in [6, 6.07) is 0.345. The van der Waals surface area contributed by atoms with E-state index in [0.717, 1.165) is 18.9 Å². The Labute approximate surface area is 98.3 Å². The van der Waals surface area contributed by atoms with Crippen LogP contribution >= 0.6 is 0 Å². The fourth-order valence-corrected chi connectivity index (χ4v) is 2.38. The van der Waals surface area contributed by atoms with Gasteiger partial charge in [0.05, 0.1) is 0 Å². The lowest BCUT2D eigenvalue weighted by Gasteiger charge is -2.24. The summed E-state index contributed by atoms with van der Waals surface area (Å²) in [5.41, 5.74) is 5.52. The summed E-state index contributed by atoms with van der Waals surface area (Å²) in [6.07, 6.45) is 8.52. The fourth-order valence-electron chi connectivity index (χ4n) is 2.38. The third-order valence-corrected chi connectivity index (χ3v) is 3.50. The monoisotopic (exact) mass is 227 g/mol. The van der Waals surface area contributed by atoms with Crippen molar-refractivity contribution in [2.24, 2.45) is 16.8 Å². The minimum atomic E-state index is 0.322. The van der Waals surface area contributed by atoms with Crippen LogP contribution in [0.5, 0.6) is 0 Å². The molecule has 0 aromatic rings. The number of hydrogen-bond acceptors (Lipinski definition) is 3. The zero-order valence-electron chi connectivity index (χ0n) is 10.3. The average Bonchev–Trinajstić information content (AvgIpc) is 2.35. The van der Waals surface area contributed by atoms with E-state index in [1.807, 2.05) is 0 Å². The van der Waals surface area contributed by atoms with Gasteiger partial charge >= 0.3 is 0 Å². The molecule has 0 saturated heterocycles. The maximum absolute atomic E-state index is 8.53. The first-order valence-corrected chi connectivity index (χ1v) is 6.46. The van der Waals surface area contributed by atoms with E-state index in [0.29, 0.717) is 18.3 Å². The molecule has 1 rings (SSSR count). The largest absolute Gasteiger partial charge is 0.409 e. The predicted molar refractivity (Wildman–Crippen MR) is 66.7 cm³/mol. The molecule has 94 valence electrons. The summed E-state index contributed by atoms with van der Waals surface area (Å²) in [5.74, 6) is 1.15. The highest BCUT2D eigenvalue weighted by molar-refractivity contribution is 5.80. The molecule has 1 unspecified atom stereocenters. The van der Waals surface area contributed by atoms with Gasteiger partial charge in [0.25, 0.3) is 0 Å². The van der Waals surface area contributed by atoms with Crippen LogP contribution in [0.2, 0.25) is 0 Å². The SMILES string of the molecule is CCC(CC(N)=NO)NCC1CCCCC1. The van der Waals surface area contributed by atoms with Crippen LogP contribution < -0.4 is 11.1 Å². The van der Waals surface area contributed by atoms with Crippen molar-refractivity contribution in [2.75, 3.05) is 6.54 Å². The second-order valence-electron chi connectivity index (χ2n) is 4.81. The zero-order chi connectivity index (χ0) is 11.8. The molecule has 4 heteroatoms. The lowest BCUT2D eigenvalue weighted by atomic mass is 9.89. The summed E-state index contributed by atoms with van der Waals surface area (Å²) in [6.45, 7) is 3.21. The average molecular weight is 227 g/mol. The van der Waals surface area contributed by atoms with Crippen LogP contribution in [0.15, 0.2) is 5.16 Å². The van der Waals surface area contributed by atoms with Gasteiger partial charge in [-0.25, -0.2) is 0 Å². The van der Waals surface area contributed by atoms with Gasteiger partial charge in [0.1, 0.15) is 5.84 Å². The normalized spacial score (nSPS) is 20.9. The molecule has 0 amide bonds. The van der Waals surface area contributed by atoms with Crippen LogP contribution in [-0.4, -0.2) is 23.6 Å². The highest BCUT2D eigenvalue weighted by atomic mass is 16.4. The van der Waals surface area contributed by atoms with E-state index in [2.05, 4.69) is 17.4 Å². The Bertz CT molecular complexity index is 212. The Morgan fingerprint density at radius 3 is 2.69 bits per heavy atom. The molecule has 0 aromatic heterocycles. The number of oxime groups is 1. The van der Waals surface area contributed by atoms with Crippen molar-refractivity contribution in [1.29, 1.82) is 0 Å². The number of rotatable bonds is 6. The van der Waals surface area contributed by atoms with E-state index in [4.69, 9.17) is 10.9 Å². The molecule has 0 bridgehead atoms. The first-order valence-electron chi connectivity index (χ1n) is 6.46. The van der Waals surface area contributed by atoms with Crippen molar-refractivity contribution in [3.8, 4) is 0 Å². The molecule has 0 radical (unpaired) electrons. The first-order chi connectivity index (χ1) is 7.76.